The Morgan fingerprint density at radius 2 is 2.08 bits per heavy atom. The van der Waals surface area contributed by atoms with Gasteiger partial charge >= 0.3 is 0 Å². The quantitative estimate of drug-likeness (QED) is 0.903. The number of benzene rings is 1. The minimum absolute atomic E-state index is 0.0547. The molecule has 0 aliphatic carbocycles. The summed E-state index contributed by atoms with van der Waals surface area (Å²) >= 11 is 5.92. The lowest BCUT2D eigenvalue weighted by Gasteiger charge is -2.20. The summed E-state index contributed by atoms with van der Waals surface area (Å²) in [6, 6.07) is 7.83. The highest BCUT2D eigenvalue weighted by atomic mass is 35.5. The summed E-state index contributed by atoms with van der Waals surface area (Å²) < 4.78 is 0. The number of rotatable bonds is 4. The molecule has 1 aromatic rings. The molecule has 0 spiro atoms. The fraction of sp³-hybridized carbons (Fsp3) is 0.471. The van der Waals surface area contributed by atoms with Gasteiger partial charge in [-0.15, -0.1) is 0 Å². The number of nitrogens with one attached hydrogen (secondary N) is 1. The maximum atomic E-state index is 12.2. The van der Waals surface area contributed by atoms with Crippen molar-refractivity contribution in [1.29, 1.82) is 0 Å². The van der Waals surface area contributed by atoms with Gasteiger partial charge in [-0.1, -0.05) is 11.6 Å². The highest BCUT2D eigenvalue weighted by Crippen LogP contribution is 2.24. The maximum Gasteiger partial charge on any atom is 0.267 e. The Labute approximate surface area is 146 Å². The zero-order chi connectivity index (χ0) is 17.1. The van der Waals surface area contributed by atoms with Crippen molar-refractivity contribution in [3.63, 3.8) is 0 Å². The molecule has 0 saturated carbocycles. The molecule has 2 amide bonds. The first-order valence-corrected chi connectivity index (χ1v) is 8.53. The van der Waals surface area contributed by atoms with Gasteiger partial charge in [0.25, 0.3) is 5.91 Å². The van der Waals surface area contributed by atoms with E-state index in [1.807, 2.05) is 24.3 Å². The summed E-state index contributed by atoms with van der Waals surface area (Å²) in [5, 5.41) is 8.98. The first-order valence-electron chi connectivity index (χ1n) is 8.15. The van der Waals surface area contributed by atoms with Crippen molar-refractivity contribution in [2.45, 2.75) is 19.3 Å². The van der Waals surface area contributed by atoms with Crippen LogP contribution in [0.4, 0.5) is 5.69 Å². The Morgan fingerprint density at radius 1 is 1.33 bits per heavy atom. The van der Waals surface area contributed by atoms with Crippen molar-refractivity contribution in [3.8, 4) is 0 Å². The smallest absolute Gasteiger partial charge is 0.267 e. The molecule has 0 bridgehead atoms. The summed E-state index contributed by atoms with van der Waals surface area (Å²) in [5.74, 6) is 0.188. The fourth-order valence-corrected chi connectivity index (χ4v) is 3.18. The second-order valence-electron chi connectivity index (χ2n) is 6.25. The first-order chi connectivity index (χ1) is 11.5. The van der Waals surface area contributed by atoms with Crippen LogP contribution in [-0.2, 0) is 9.59 Å². The predicted octanol–water partition coefficient (Wildman–Crippen LogP) is 1.89. The lowest BCUT2D eigenvalue weighted by atomic mass is 10.1. The Balaban J connectivity index is 1.49. The third-order valence-electron chi connectivity index (χ3n) is 4.50. The van der Waals surface area contributed by atoms with Crippen LogP contribution in [0.3, 0.4) is 0 Å². The van der Waals surface area contributed by atoms with Crippen LogP contribution in [0.15, 0.2) is 29.4 Å². The van der Waals surface area contributed by atoms with Crippen molar-refractivity contribution >= 4 is 34.8 Å². The number of hydrogen-bond donors (Lipinski definition) is 1. The molecule has 1 saturated heterocycles. The van der Waals surface area contributed by atoms with E-state index in [-0.39, 0.29) is 11.8 Å². The van der Waals surface area contributed by atoms with E-state index >= 15 is 0 Å². The van der Waals surface area contributed by atoms with Gasteiger partial charge in [0, 0.05) is 50.2 Å². The molecule has 1 fully saturated rings. The van der Waals surface area contributed by atoms with Crippen molar-refractivity contribution < 1.29 is 9.59 Å². The fourth-order valence-electron chi connectivity index (χ4n) is 3.06. The SMILES string of the molecule is CN1N=C(C(=O)NC[C@@H]2CCN(c3ccc(Cl)cc3)C2)CCC1=O. The summed E-state index contributed by atoms with van der Waals surface area (Å²) in [7, 11) is 1.58. The molecule has 1 N–H and O–H groups in total. The van der Waals surface area contributed by atoms with E-state index in [4.69, 9.17) is 11.6 Å². The second kappa shape index (κ2) is 7.21. The molecule has 24 heavy (non-hydrogen) atoms. The lowest BCUT2D eigenvalue weighted by Crippen LogP contribution is -2.39. The van der Waals surface area contributed by atoms with E-state index < -0.39 is 0 Å². The maximum absolute atomic E-state index is 12.2. The van der Waals surface area contributed by atoms with E-state index in [0.29, 0.717) is 31.0 Å². The van der Waals surface area contributed by atoms with Crippen LogP contribution in [0, 0.1) is 5.92 Å². The van der Waals surface area contributed by atoms with Crippen LogP contribution in [0.5, 0.6) is 0 Å². The normalized spacial score (nSPS) is 21.0. The van der Waals surface area contributed by atoms with Gasteiger partial charge in [0.15, 0.2) is 0 Å². The molecule has 0 unspecified atom stereocenters. The van der Waals surface area contributed by atoms with E-state index in [2.05, 4.69) is 15.3 Å². The molecule has 2 aliphatic rings. The number of halogens is 1. The Hall–Kier alpha value is -2.08. The van der Waals surface area contributed by atoms with E-state index in [1.165, 1.54) is 5.01 Å². The average Bonchev–Trinajstić information content (AvgIpc) is 3.05. The first kappa shape index (κ1) is 16.8. The van der Waals surface area contributed by atoms with Crippen LogP contribution in [0.25, 0.3) is 0 Å². The molecular formula is C17H21ClN4O2. The van der Waals surface area contributed by atoms with E-state index in [9.17, 15) is 9.59 Å². The summed E-state index contributed by atoms with van der Waals surface area (Å²) in [4.78, 5) is 25.9. The van der Waals surface area contributed by atoms with Gasteiger partial charge in [-0.2, -0.15) is 5.10 Å². The van der Waals surface area contributed by atoms with Crippen LogP contribution in [-0.4, -0.2) is 49.2 Å². The van der Waals surface area contributed by atoms with Crippen LogP contribution < -0.4 is 10.2 Å². The Bertz CT molecular complexity index is 659. The van der Waals surface area contributed by atoms with Crippen molar-refractivity contribution in [3.05, 3.63) is 29.3 Å². The zero-order valence-corrected chi connectivity index (χ0v) is 14.4. The summed E-state index contributed by atoms with van der Waals surface area (Å²) in [6.07, 6.45) is 1.79. The van der Waals surface area contributed by atoms with Gasteiger partial charge in [0.05, 0.1) is 0 Å². The van der Waals surface area contributed by atoms with Crippen molar-refractivity contribution in [1.82, 2.24) is 10.3 Å². The van der Waals surface area contributed by atoms with Crippen molar-refractivity contribution in [2.75, 3.05) is 31.6 Å². The third-order valence-corrected chi connectivity index (χ3v) is 4.75. The van der Waals surface area contributed by atoms with Gasteiger partial charge in [-0.3, -0.25) is 9.59 Å². The highest BCUT2D eigenvalue weighted by Gasteiger charge is 2.25. The second-order valence-corrected chi connectivity index (χ2v) is 6.69. The van der Waals surface area contributed by atoms with Gasteiger partial charge in [0.1, 0.15) is 5.71 Å². The number of hydrazone groups is 1. The number of amides is 2. The Kier molecular flexibility index (Phi) is 5.04. The largest absolute Gasteiger partial charge is 0.371 e. The lowest BCUT2D eigenvalue weighted by molar-refractivity contribution is -0.130. The summed E-state index contributed by atoms with van der Waals surface area (Å²) in [5.41, 5.74) is 1.59. The molecule has 2 aliphatic heterocycles. The molecule has 1 aromatic carbocycles. The molecule has 6 nitrogen and oxygen atoms in total. The van der Waals surface area contributed by atoms with Gasteiger partial charge in [0.2, 0.25) is 5.91 Å². The molecule has 1 atom stereocenters. The minimum atomic E-state index is -0.167. The van der Waals surface area contributed by atoms with Gasteiger partial charge in [-0.25, -0.2) is 5.01 Å². The highest BCUT2D eigenvalue weighted by molar-refractivity contribution is 6.39. The minimum Gasteiger partial charge on any atom is -0.371 e. The van der Waals surface area contributed by atoms with Crippen LogP contribution in [0.1, 0.15) is 19.3 Å². The third kappa shape index (κ3) is 3.87. The number of carbonyl (C=O) groups excluding carboxylic acids is 2. The predicted molar refractivity (Wildman–Crippen MR) is 94.2 cm³/mol. The monoisotopic (exact) mass is 348 g/mol. The number of carbonyl (C=O) groups is 2. The standard InChI is InChI=1S/C17H21ClN4O2/c1-21-16(23)7-6-15(20-21)17(24)19-10-12-8-9-22(11-12)14-4-2-13(18)3-5-14/h2-5,12H,6-11H2,1H3,(H,19,24)/t12-/m0/s1. The molecule has 7 heteroatoms. The molecule has 2 heterocycles. The van der Waals surface area contributed by atoms with Gasteiger partial charge < -0.3 is 10.2 Å². The molecule has 128 valence electrons. The number of nitrogens with zero attached hydrogens (tertiary/aromatic N) is 3. The topological polar surface area (TPSA) is 65.0 Å². The van der Waals surface area contributed by atoms with E-state index in [0.717, 1.165) is 30.2 Å². The molecule has 0 radical (unpaired) electrons. The van der Waals surface area contributed by atoms with Gasteiger partial charge in [-0.05, 0) is 36.6 Å². The number of hydrogen-bond acceptors (Lipinski definition) is 4. The zero-order valence-electron chi connectivity index (χ0n) is 13.7. The van der Waals surface area contributed by atoms with Crippen LogP contribution in [0.2, 0.25) is 5.02 Å². The number of anilines is 1. The molecule has 0 aromatic heterocycles. The molecular weight excluding hydrogens is 328 g/mol. The average molecular weight is 349 g/mol. The Morgan fingerprint density at radius 3 is 2.79 bits per heavy atom. The van der Waals surface area contributed by atoms with Crippen molar-refractivity contribution in [2.24, 2.45) is 11.0 Å². The van der Waals surface area contributed by atoms with E-state index in [1.54, 1.807) is 7.05 Å². The molecule has 3 rings (SSSR count). The summed E-state index contributed by atoms with van der Waals surface area (Å²) in [6.45, 7) is 2.51. The van der Waals surface area contributed by atoms with Crippen LogP contribution >= 0.6 is 11.6 Å².